The number of aryl methyl sites for hydroxylation is 2. The summed E-state index contributed by atoms with van der Waals surface area (Å²) in [5, 5.41) is 14.2. The third-order valence-electron chi connectivity index (χ3n) is 4.83. The fraction of sp³-hybridized carbons (Fsp3) is 0.368. The van der Waals surface area contributed by atoms with E-state index in [9.17, 15) is 9.59 Å². The number of halogens is 1. The number of nitrogens with one attached hydrogen (secondary N) is 2. The minimum atomic E-state index is -0.215. The van der Waals surface area contributed by atoms with Crippen LogP contribution in [0, 0.1) is 0 Å². The highest BCUT2D eigenvalue weighted by Crippen LogP contribution is 2.20. The number of nitrogens with zero attached hydrogens (tertiary/aromatic N) is 4. The van der Waals surface area contributed by atoms with Crippen LogP contribution in [0.2, 0.25) is 0 Å². The topological polar surface area (TPSA) is 97.6 Å². The Morgan fingerprint density at radius 2 is 2.07 bits per heavy atom. The van der Waals surface area contributed by atoms with Crippen LogP contribution in [0.5, 0.6) is 0 Å². The summed E-state index contributed by atoms with van der Waals surface area (Å²) in [5.41, 5.74) is 2.01. The second-order valence-electron chi connectivity index (χ2n) is 6.81. The molecule has 3 aromatic rings. The molecule has 2 aromatic heterocycles. The van der Waals surface area contributed by atoms with E-state index in [1.54, 1.807) is 10.6 Å². The fourth-order valence-electron chi connectivity index (χ4n) is 3.33. The second-order valence-corrected chi connectivity index (χ2v) is 7.73. The highest BCUT2D eigenvalue weighted by Gasteiger charge is 2.16. The molecule has 146 valence electrons. The number of aromatic nitrogens is 5. The van der Waals surface area contributed by atoms with Gasteiger partial charge in [0.1, 0.15) is 11.5 Å². The molecule has 1 amide bonds. The summed E-state index contributed by atoms with van der Waals surface area (Å²) in [5.74, 6) is 0.658. The largest absolute Gasteiger partial charge is 0.351 e. The van der Waals surface area contributed by atoms with Gasteiger partial charge in [0.25, 0.3) is 5.91 Å². The minimum absolute atomic E-state index is 0.0475. The maximum Gasteiger partial charge on any atom is 0.345 e. The van der Waals surface area contributed by atoms with Crippen LogP contribution >= 0.6 is 15.9 Å². The minimum Gasteiger partial charge on any atom is -0.351 e. The van der Waals surface area contributed by atoms with Crippen LogP contribution in [0.4, 0.5) is 0 Å². The van der Waals surface area contributed by atoms with Gasteiger partial charge in [-0.3, -0.25) is 14.5 Å². The van der Waals surface area contributed by atoms with Gasteiger partial charge in [-0.2, -0.15) is 10.2 Å². The van der Waals surface area contributed by atoms with Crippen LogP contribution < -0.4 is 11.0 Å². The third-order valence-corrected chi connectivity index (χ3v) is 5.35. The summed E-state index contributed by atoms with van der Waals surface area (Å²) < 4.78 is 4.26. The smallest absolute Gasteiger partial charge is 0.345 e. The third kappa shape index (κ3) is 3.94. The predicted molar refractivity (Wildman–Crippen MR) is 108 cm³/mol. The van der Waals surface area contributed by atoms with Gasteiger partial charge in [-0.05, 0) is 37.5 Å². The fourth-order valence-corrected chi connectivity index (χ4v) is 3.59. The molecular formula is C19H21BrN6O2. The molecular weight excluding hydrogens is 424 g/mol. The van der Waals surface area contributed by atoms with Crippen molar-refractivity contribution in [3.05, 3.63) is 56.8 Å². The molecule has 1 aliphatic rings. The molecule has 0 radical (unpaired) electrons. The van der Waals surface area contributed by atoms with Crippen molar-refractivity contribution in [3.8, 4) is 11.3 Å². The Morgan fingerprint density at radius 1 is 1.25 bits per heavy atom. The molecule has 2 N–H and O–H groups in total. The normalized spacial score (nSPS) is 13.3. The van der Waals surface area contributed by atoms with E-state index in [2.05, 4.69) is 36.5 Å². The standard InChI is InChI=1S/C19H21BrN6O2/c20-14-7-5-13(6-8-14)15-12-16(23-22-15)18(27)21-9-3-11-26-19(28)25-10-2-1-4-17(25)24-26/h5-8,12H,1-4,9-11H2,(H,21,27)(H,22,23). The number of benzene rings is 1. The van der Waals surface area contributed by atoms with Gasteiger partial charge in [0, 0.05) is 36.1 Å². The molecule has 0 fully saturated rings. The molecule has 0 saturated heterocycles. The molecule has 3 heterocycles. The number of amides is 1. The van der Waals surface area contributed by atoms with Gasteiger partial charge in [0.2, 0.25) is 0 Å². The quantitative estimate of drug-likeness (QED) is 0.570. The van der Waals surface area contributed by atoms with Crippen molar-refractivity contribution in [2.45, 2.75) is 38.8 Å². The summed E-state index contributed by atoms with van der Waals surface area (Å²) >= 11 is 3.40. The molecule has 0 saturated carbocycles. The number of hydrogen-bond donors (Lipinski definition) is 2. The number of H-pyrrole nitrogens is 1. The molecule has 9 heteroatoms. The summed E-state index contributed by atoms with van der Waals surface area (Å²) in [6, 6.07) is 9.46. The van der Waals surface area contributed by atoms with Crippen LogP contribution in [0.1, 0.15) is 35.6 Å². The lowest BCUT2D eigenvalue weighted by atomic mass is 10.1. The number of aromatic amines is 1. The molecule has 28 heavy (non-hydrogen) atoms. The van der Waals surface area contributed by atoms with E-state index >= 15 is 0 Å². The van der Waals surface area contributed by atoms with Crippen molar-refractivity contribution < 1.29 is 4.79 Å². The molecule has 4 rings (SSSR count). The lowest BCUT2D eigenvalue weighted by molar-refractivity contribution is 0.0947. The van der Waals surface area contributed by atoms with E-state index < -0.39 is 0 Å². The van der Waals surface area contributed by atoms with Gasteiger partial charge in [0.05, 0.1) is 5.69 Å². The molecule has 1 aliphatic heterocycles. The molecule has 0 bridgehead atoms. The maximum absolute atomic E-state index is 12.3. The predicted octanol–water partition coefficient (Wildman–Crippen LogP) is 2.35. The summed E-state index contributed by atoms with van der Waals surface area (Å²) in [4.78, 5) is 24.6. The van der Waals surface area contributed by atoms with Gasteiger partial charge in [-0.25, -0.2) is 9.48 Å². The first-order valence-electron chi connectivity index (χ1n) is 9.38. The van der Waals surface area contributed by atoms with E-state index in [0.29, 0.717) is 30.9 Å². The highest BCUT2D eigenvalue weighted by molar-refractivity contribution is 9.10. The lowest BCUT2D eigenvalue weighted by Gasteiger charge is -2.09. The van der Waals surface area contributed by atoms with Crippen molar-refractivity contribution in [3.63, 3.8) is 0 Å². The maximum atomic E-state index is 12.3. The molecule has 8 nitrogen and oxygen atoms in total. The Labute approximate surface area is 170 Å². The van der Waals surface area contributed by atoms with Crippen molar-refractivity contribution in [1.82, 2.24) is 29.9 Å². The average Bonchev–Trinajstić information content (AvgIpc) is 3.32. The number of fused-ring (bicyclic) bond motifs is 1. The lowest BCUT2D eigenvalue weighted by Crippen LogP contribution is -2.29. The Kier molecular flexibility index (Phi) is 5.43. The van der Waals surface area contributed by atoms with E-state index in [1.165, 1.54) is 4.68 Å². The SMILES string of the molecule is O=C(NCCCn1nc2n(c1=O)CCCC2)c1cc(-c2ccc(Br)cc2)n[nH]1. The van der Waals surface area contributed by atoms with Gasteiger partial charge < -0.3 is 5.32 Å². The number of hydrogen-bond acceptors (Lipinski definition) is 4. The Bertz CT molecular complexity index is 1030. The summed E-state index contributed by atoms with van der Waals surface area (Å²) in [7, 11) is 0. The monoisotopic (exact) mass is 444 g/mol. The Morgan fingerprint density at radius 3 is 2.86 bits per heavy atom. The summed E-state index contributed by atoms with van der Waals surface area (Å²) in [6.07, 6.45) is 3.61. The first kappa shape index (κ1) is 18.7. The van der Waals surface area contributed by atoms with Gasteiger partial charge in [0.15, 0.2) is 0 Å². The zero-order chi connectivity index (χ0) is 19.5. The van der Waals surface area contributed by atoms with E-state index in [1.807, 2.05) is 24.3 Å². The van der Waals surface area contributed by atoms with Crippen molar-refractivity contribution in [2.75, 3.05) is 6.54 Å². The van der Waals surface area contributed by atoms with Gasteiger partial charge >= 0.3 is 5.69 Å². The van der Waals surface area contributed by atoms with Crippen LogP contribution in [0.3, 0.4) is 0 Å². The number of carbonyl (C=O) groups excluding carboxylic acids is 1. The highest BCUT2D eigenvalue weighted by atomic mass is 79.9. The molecule has 0 aliphatic carbocycles. The second kappa shape index (κ2) is 8.14. The first-order chi connectivity index (χ1) is 13.6. The Hall–Kier alpha value is -2.68. The number of rotatable bonds is 6. The molecule has 0 atom stereocenters. The first-order valence-corrected chi connectivity index (χ1v) is 10.2. The van der Waals surface area contributed by atoms with Gasteiger partial charge in [-0.1, -0.05) is 28.1 Å². The van der Waals surface area contributed by atoms with Crippen LogP contribution in [0.15, 0.2) is 39.6 Å². The van der Waals surface area contributed by atoms with E-state index in [-0.39, 0.29) is 11.6 Å². The van der Waals surface area contributed by atoms with Crippen LogP contribution in [-0.4, -0.2) is 37.0 Å². The Balaban J connectivity index is 1.30. The van der Waals surface area contributed by atoms with Crippen molar-refractivity contribution in [2.24, 2.45) is 0 Å². The molecule has 1 aromatic carbocycles. The van der Waals surface area contributed by atoms with Crippen molar-refractivity contribution in [1.29, 1.82) is 0 Å². The zero-order valence-electron chi connectivity index (χ0n) is 15.3. The van der Waals surface area contributed by atoms with Crippen LogP contribution in [0.25, 0.3) is 11.3 Å². The van der Waals surface area contributed by atoms with Crippen LogP contribution in [-0.2, 0) is 19.5 Å². The average molecular weight is 445 g/mol. The zero-order valence-corrected chi connectivity index (χ0v) is 16.9. The van der Waals surface area contributed by atoms with Gasteiger partial charge in [-0.15, -0.1) is 0 Å². The van der Waals surface area contributed by atoms with E-state index in [4.69, 9.17) is 0 Å². The molecule has 0 unspecified atom stereocenters. The molecule has 0 spiro atoms. The van der Waals surface area contributed by atoms with E-state index in [0.717, 1.165) is 41.7 Å². The van der Waals surface area contributed by atoms with Crippen molar-refractivity contribution >= 4 is 21.8 Å². The summed E-state index contributed by atoms with van der Waals surface area (Å²) in [6.45, 7) is 1.71. The number of carbonyl (C=O) groups is 1.